The van der Waals surface area contributed by atoms with Crippen molar-refractivity contribution in [2.75, 3.05) is 6.61 Å². The van der Waals surface area contributed by atoms with Crippen LogP contribution in [-0.2, 0) is 9.59 Å². The van der Waals surface area contributed by atoms with E-state index in [0.717, 1.165) is 25.7 Å². The number of aliphatic hydroxyl groups excluding tert-OH is 5. The molecule has 0 aromatic heterocycles. The average molecular weight is 461 g/mol. The Hall–Kier alpha value is -1.58. The van der Waals surface area contributed by atoms with Crippen LogP contribution in [0, 0.1) is 0 Å². The van der Waals surface area contributed by atoms with Crippen LogP contribution < -0.4 is 0 Å². The zero-order chi connectivity index (χ0) is 24.6. The highest BCUT2D eigenvalue weighted by Gasteiger charge is 2.29. The van der Waals surface area contributed by atoms with Crippen molar-refractivity contribution in [2.24, 2.45) is 0 Å². The molecule has 0 rings (SSSR count). The van der Waals surface area contributed by atoms with Crippen LogP contribution in [0.1, 0.15) is 84.0 Å². The van der Waals surface area contributed by atoms with E-state index >= 15 is 0 Å². The number of aldehydes is 1. The first kappa shape index (κ1) is 32.6. The van der Waals surface area contributed by atoms with E-state index in [0.29, 0.717) is 6.42 Å². The molecule has 6 N–H and O–H groups in total. The smallest absolute Gasteiger partial charge is 0.303 e. The minimum atomic E-state index is -1.79. The maximum Gasteiger partial charge on any atom is 0.303 e. The lowest BCUT2D eigenvalue weighted by Gasteiger charge is -2.22. The second-order valence-corrected chi connectivity index (χ2v) is 7.73. The molecule has 0 aromatic carbocycles. The quantitative estimate of drug-likeness (QED) is 0.0975. The lowest BCUT2D eigenvalue weighted by atomic mass is 10.0. The Kier molecular flexibility index (Phi) is 24.5. The van der Waals surface area contributed by atoms with Gasteiger partial charge in [-0.1, -0.05) is 63.3 Å². The van der Waals surface area contributed by atoms with Crippen molar-refractivity contribution >= 4 is 12.3 Å². The zero-order valence-electron chi connectivity index (χ0n) is 19.4. The first-order valence-electron chi connectivity index (χ1n) is 11.6. The molecule has 0 aliphatic rings. The lowest BCUT2D eigenvalue weighted by molar-refractivity contribution is -0.137. The molecule has 0 saturated carbocycles. The van der Waals surface area contributed by atoms with Crippen molar-refractivity contribution in [3.8, 4) is 0 Å². The fraction of sp³-hybridized carbons (Fsp3) is 0.750. The van der Waals surface area contributed by atoms with Crippen molar-refractivity contribution in [1.29, 1.82) is 0 Å². The fourth-order valence-corrected chi connectivity index (χ4v) is 2.71. The summed E-state index contributed by atoms with van der Waals surface area (Å²) in [6.07, 6.45) is 15.4. The van der Waals surface area contributed by atoms with Gasteiger partial charge in [0.1, 0.15) is 24.4 Å². The summed E-state index contributed by atoms with van der Waals surface area (Å²) in [6.45, 7) is 1.47. The zero-order valence-corrected chi connectivity index (χ0v) is 19.4. The van der Waals surface area contributed by atoms with Crippen LogP contribution in [0.4, 0.5) is 0 Å². The first-order chi connectivity index (χ1) is 15.3. The van der Waals surface area contributed by atoms with E-state index in [2.05, 4.69) is 31.2 Å². The number of allylic oxidation sites excluding steroid dienone is 4. The van der Waals surface area contributed by atoms with E-state index in [9.17, 15) is 9.59 Å². The maximum absolute atomic E-state index is 10.3. The minimum absolute atomic E-state index is 0.0258. The molecule has 32 heavy (non-hydrogen) atoms. The average Bonchev–Trinajstić information content (AvgIpc) is 2.79. The Morgan fingerprint density at radius 1 is 0.781 bits per heavy atom. The molecule has 0 saturated heterocycles. The Balaban J connectivity index is 0. The monoisotopic (exact) mass is 460 g/mol. The van der Waals surface area contributed by atoms with Gasteiger partial charge in [-0.3, -0.25) is 4.79 Å². The highest BCUT2D eigenvalue weighted by molar-refractivity contribution is 5.66. The molecule has 8 nitrogen and oxygen atoms in total. The third-order valence-corrected chi connectivity index (χ3v) is 4.76. The third kappa shape index (κ3) is 21.6. The Bertz CT molecular complexity index is 492. The summed E-state index contributed by atoms with van der Waals surface area (Å²) in [4.78, 5) is 20.2. The topological polar surface area (TPSA) is 156 Å². The summed E-state index contributed by atoms with van der Waals surface area (Å²) in [5.41, 5.74) is 0. The predicted octanol–water partition coefficient (Wildman–Crippen LogP) is 2.51. The molecule has 0 aliphatic carbocycles. The normalized spacial score (nSPS) is 15.2. The standard InChI is InChI=1S/C18H32O2.C6H12O6/c1-2-3-4-5-6-7-8-9-10-11-12-13-14-15-16-17-18(19)20;7-1-3(9)5(11)6(12)4(10)2-8/h6-7,9-10H,2-5,8,11-17H2,1H3,(H,19,20);1,3-6,8-12H,2H2/b7-6-,10-9-;. The molecule has 8 heteroatoms. The van der Waals surface area contributed by atoms with Crippen molar-refractivity contribution in [3.05, 3.63) is 24.3 Å². The number of carboxylic acid groups (broad SMARTS) is 1. The van der Waals surface area contributed by atoms with Gasteiger partial charge >= 0.3 is 5.97 Å². The van der Waals surface area contributed by atoms with Crippen LogP contribution in [0.25, 0.3) is 0 Å². The minimum Gasteiger partial charge on any atom is -0.481 e. The van der Waals surface area contributed by atoms with Crippen LogP contribution in [0.5, 0.6) is 0 Å². The summed E-state index contributed by atoms with van der Waals surface area (Å²) < 4.78 is 0. The number of aliphatic carboxylic acids is 1. The second kappa shape index (κ2) is 24.1. The number of carboxylic acids is 1. The van der Waals surface area contributed by atoms with Crippen molar-refractivity contribution in [3.63, 3.8) is 0 Å². The summed E-state index contributed by atoms with van der Waals surface area (Å²) >= 11 is 0. The number of hydrogen-bond donors (Lipinski definition) is 6. The molecule has 0 radical (unpaired) electrons. The molecule has 4 unspecified atom stereocenters. The summed E-state index contributed by atoms with van der Waals surface area (Å²) in [5, 5.41) is 52.0. The van der Waals surface area contributed by atoms with Gasteiger partial charge in [0.2, 0.25) is 0 Å². The van der Waals surface area contributed by atoms with Gasteiger partial charge in [0.15, 0.2) is 6.29 Å². The molecule has 0 bridgehead atoms. The highest BCUT2D eigenvalue weighted by atomic mass is 16.4. The number of rotatable bonds is 19. The van der Waals surface area contributed by atoms with Gasteiger partial charge < -0.3 is 35.4 Å². The predicted molar refractivity (Wildman–Crippen MR) is 124 cm³/mol. The molecule has 0 spiro atoms. The molecule has 0 fully saturated rings. The molecular formula is C24H44O8. The van der Waals surface area contributed by atoms with E-state index in [1.54, 1.807) is 0 Å². The second-order valence-electron chi connectivity index (χ2n) is 7.73. The molecule has 188 valence electrons. The first-order valence-corrected chi connectivity index (χ1v) is 11.6. The van der Waals surface area contributed by atoms with E-state index in [1.807, 2.05) is 0 Å². The number of carbonyl (C=O) groups excluding carboxylic acids is 1. The van der Waals surface area contributed by atoms with Crippen molar-refractivity contribution in [1.82, 2.24) is 0 Å². The number of aliphatic hydroxyl groups is 5. The van der Waals surface area contributed by atoms with Crippen LogP contribution in [0.3, 0.4) is 0 Å². The number of hydrogen-bond acceptors (Lipinski definition) is 7. The Morgan fingerprint density at radius 2 is 1.31 bits per heavy atom. The van der Waals surface area contributed by atoms with Crippen LogP contribution in [-0.4, -0.2) is 73.9 Å². The van der Waals surface area contributed by atoms with E-state index in [-0.39, 0.29) is 6.29 Å². The Labute approximate surface area is 192 Å². The fourth-order valence-electron chi connectivity index (χ4n) is 2.71. The van der Waals surface area contributed by atoms with Gasteiger partial charge in [-0.05, 0) is 38.5 Å². The maximum atomic E-state index is 10.3. The van der Waals surface area contributed by atoms with Crippen molar-refractivity contribution < 1.29 is 40.2 Å². The SMILES string of the molecule is CCCCC/C=C\C/C=C\CCCCCCCC(=O)O.O=CC(O)C(O)C(O)C(O)CO. The number of unbranched alkanes of at least 4 members (excludes halogenated alkanes) is 8. The van der Waals surface area contributed by atoms with E-state index in [4.69, 9.17) is 30.6 Å². The van der Waals surface area contributed by atoms with E-state index in [1.165, 1.54) is 44.9 Å². The lowest BCUT2D eigenvalue weighted by Crippen LogP contribution is -2.46. The molecular weight excluding hydrogens is 416 g/mol. The van der Waals surface area contributed by atoms with Crippen LogP contribution >= 0.6 is 0 Å². The van der Waals surface area contributed by atoms with Gasteiger partial charge in [0.05, 0.1) is 6.61 Å². The van der Waals surface area contributed by atoms with Gasteiger partial charge in [-0.15, -0.1) is 0 Å². The van der Waals surface area contributed by atoms with Gasteiger partial charge in [0.25, 0.3) is 0 Å². The molecule has 0 heterocycles. The number of carbonyl (C=O) groups is 2. The molecule has 4 atom stereocenters. The van der Waals surface area contributed by atoms with E-state index < -0.39 is 37.0 Å². The van der Waals surface area contributed by atoms with Gasteiger partial charge in [0, 0.05) is 6.42 Å². The highest BCUT2D eigenvalue weighted by Crippen LogP contribution is 2.08. The molecule has 0 aliphatic heterocycles. The van der Waals surface area contributed by atoms with Crippen LogP contribution in [0.15, 0.2) is 24.3 Å². The van der Waals surface area contributed by atoms with Gasteiger partial charge in [-0.25, -0.2) is 0 Å². The molecule has 0 amide bonds. The third-order valence-electron chi connectivity index (χ3n) is 4.76. The molecule has 0 aromatic rings. The largest absolute Gasteiger partial charge is 0.481 e. The summed E-state index contributed by atoms with van der Waals surface area (Å²) in [6, 6.07) is 0. The Morgan fingerprint density at radius 3 is 1.81 bits per heavy atom. The summed E-state index contributed by atoms with van der Waals surface area (Å²) in [5.74, 6) is -0.671. The van der Waals surface area contributed by atoms with Crippen molar-refractivity contribution in [2.45, 2.75) is 108 Å². The van der Waals surface area contributed by atoms with Gasteiger partial charge in [-0.2, -0.15) is 0 Å². The summed E-state index contributed by atoms with van der Waals surface area (Å²) in [7, 11) is 0. The van der Waals surface area contributed by atoms with Crippen LogP contribution in [0.2, 0.25) is 0 Å².